The summed E-state index contributed by atoms with van der Waals surface area (Å²) in [7, 11) is -1.92. The van der Waals surface area contributed by atoms with Crippen LogP contribution in [0.2, 0.25) is 18.1 Å². The SMILES string of the molecule is C=C1[C@@H](C(C)C)C[C@@H](O[Si](C)(C)C(C)(C)C)[C@]1(C)CCC1C(=O)CCCC1=O. The molecule has 0 aromatic carbocycles. The Morgan fingerprint density at radius 3 is 2.18 bits per heavy atom. The molecule has 0 aromatic rings. The zero-order valence-corrected chi connectivity index (χ0v) is 20.5. The summed E-state index contributed by atoms with van der Waals surface area (Å²) in [4.78, 5) is 24.7. The number of ketones is 2. The van der Waals surface area contributed by atoms with E-state index in [0.29, 0.717) is 31.1 Å². The van der Waals surface area contributed by atoms with Crippen molar-refractivity contribution in [1.82, 2.24) is 0 Å². The number of carbonyl (C=O) groups is 2. The van der Waals surface area contributed by atoms with Gasteiger partial charge in [-0.3, -0.25) is 9.59 Å². The third-order valence-corrected chi connectivity index (χ3v) is 12.5. The van der Waals surface area contributed by atoms with E-state index in [-0.39, 0.29) is 28.1 Å². The van der Waals surface area contributed by atoms with Crippen LogP contribution in [-0.4, -0.2) is 26.0 Å². The average Bonchev–Trinajstić information content (AvgIpc) is 2.78. The van der Waals surface area contributed by atoms with E-state index < -0.39 is 14.2 Å². The summed E-state index contributed by atoms with van der Waals surface area (Å²) in [5, 5.41) is 0.153. The Bertz CT molecular complexity index is 612. The molecule has 160 valence electrons. The average molecular weight is 407 g/mol. The predicted octanol–water partition coefficient (Wildman–Crippen LogP) is 6.33. The van der Waals surface area contributed by atoms with E-state index in [1.165, 1.54) is 5.57 Å². The van der Waals surface area contributed by atoms with Crippen molar-refractivity contribution in [2.45, 2.75) is 104 Å². The second-order valence-electron chi connectivity index (χ2n) is 11.3. The summed E-state index contributed by atoms with van der Waals surface area (Å²) in [6.07, 6.45) is 4.45. The number of rotatable bonds is 6. The van der Waals surface area contributed by atoms with Crippen LogP contribution < -0.4 is 0 Å². The number of hydrogen-bond donors (Lipinski definition) is 0. The first-order valence-corrected chi connectivity index (χ1v) is 14.0. The van der Waals surface area contributed by atoms with Crippen LogP contribution in [0.4, 0.5) is 0 Å². The van der Waals surface area contributed by atoms with Gasteiger partial charge < -0.3 is 4.43 Å². The van der Waals surface area contributed by atoms with E-state index in [4.69, 9.17) is 4.43 Å². The molecule has 0 amide bonds. The molecule has 2 saturated carbocycles. The van der Waals surface area contributed by atoms with Crippen molar-refractivity contribution in [3.8, 4) is 0 Å². The van der Waals surface area contributed by atoms with E-state index >= 15 is 0 Å². The first-order chi connectivity index (χ1) is 12.7. The summed E-state index contributed by atoms with van der Waals surface area (Å²) >= 11 is 0. The highest BCUT2D eigenvalue weighted by Crippen LogP contribution is 2.54. The second-order valence-corrected chi connectivity index (χ2v) is 16.0. The Morgan fingerprint density at radius 2 is 1.71 bits per heavy atom. The molecule has 0 unspecified atom stereocenters. The van der Waals surface area contributed by atoms with Gasteiger partial charge in [0.2, 0.25) is 0 Å². The minimum absolute atomic E-state index is 0.127. The molecule has 3 nitrogen and oxygen atoms in total. The summed E-state index contributed by atoms with van der Waals surface area (Å²) in [5.41, 5.74) is 1.10. The fourth-order valence-corrected chi connectivity index (χ4v) is 6.12. The summed E-state index contributed by atoms with van der Waals surface area (Å²) in [6.45, 7) is 22.8. The van der Waals surface area contributed by atoms with Crippen molar-refractivity contribution >= 4 is 19.9 Å². The van der Waals surface area contributed by atoms with Gasteiger partial charge in [0.1, 0.15) is 11.6 Å². The topological polar surface area (TPSA) is 43.4 Å². The highest BCUT2D eigenvalue weighted by Gasteiger charge is 2.52. The van der Waals surface area contributed by atoms with Gasteiger partial charge >= 0.3 is 0 Å². The molecule has 0 aromatic heterocycles. The molecule has 4 heteroatoms. The third kappa shape index (κ3) is 4.53. The van der Waals surface area contributed by atoms with Crippen molar-refractivity contribution < 1.29 is 14.0 Å². The first kappa shape index (κ1) is 23.5. The Balaban J connectivity index is 2.25. The number of hydrogen-bond acceptors (Lipinski definition) is 3. The van der Waals surface area contributed by atoms with Gasteiger partial charge in [-0.2, -0.15) is 0 Å². The molecule has 0 bridgehead atoms. The lowest BCUT2D eigenvalue weighted by atomic mass is 9.73. The molecule has 2 aliphatic carbocycles. The molecule has 0 heterocycles. The van der Waals surface area contributed by atoms with Gasteiger partial charge in [0.15, 0.2) is 8.32 Å². The predicted molar refractivity (Wildman–Crippen MR) is 119 cm³/mol. The fourth-order valence-electron chi connectivity index (χ4n) is 4.70. The lowest BCUT2D eigenvalue weighted by molar-refractivity contribution is -0.136. The lowest BCUT2D eigenvalue weighted by Crippen LogP contribution is -2.47. The molecule has 0 saturated heterocycles. The van der Waals surface area contributed by atoms with E-state index in [2.05, 4.69) is 61.2 Å². The van der Waals surface area contributed by atoms with Crippen LogP contribution in [0.15, 0.2) is 12.2 Å². The largest absolute Gasteiger partial charge is 0.413 e. The van der Waals surface area contributed by atoms with E-state index in [1.54, 1.807) is 0 Å². The summed E-state index contributed by atoms with van der Waals surface area (Å²) in [5.74, 6) is 0.858. The quantitative estimate of drug-likeness (QED) is 0.294. The normalized spacial score (nSPS) is 30.5. The molecule has 2 rings (SSSR count). The van der Waals surface area contributed by atoms with Gasteiger partial charge in [-0.1, -0.05) is 53.7 Å². The fraction of sp³-hybridized carbons (Fsp3) is 0.833. The van der Waals surface area contributed by atoms with Crippen LogP contribution in [-0.2, 0) is 14.0 Å². The Morgan fingerprint density at radius 1 is 1.18 bits per heavy atom. The molecule has 0 aliphatic heterocycles. The molecular formula is C24H42O3Si. The maximum Gasteiger partial charge on any atom is 0.192 e. The van der Waals surface area contributed by atoms with Crippen molar-refractivity contribution in [2.75, 3.05) is 0 Å². The standard InChI is InChI=1S/C24H42O3Si/c1-16(2)19-15-22(27-28(8,9)23(4,5)6)24(7,17(19)3)14-13-18-20(25)11-10-12-21(18)26/h16,18-19,22H,3,10-15H2,1-2,4-9H3/t19-,22-,24-/m1/s1. The highest BCUT2D eigenvalue weighted by atomic mass is 28.4. The van der Waals surface area contributed by atoms with Crippen LogP contribution in [0, 0.1) is 23.2 Å². The molecule has 2 aliphatic rings. The minimum atomic E-state index is -1.92. The summed E-state index contributed by atoms with van der Waals surface area (Å²) in [6, 6.07) is 0. The molecule has 28 heavy (non-hydrogen) atoms. The van der Waals surface area contributed by atoms with Crippen molar-refractivity contribution in [3.05, 3.63) is 12.2 Å². The molecular weight excluding hydrogens is 364 g/mol. The molecule has 3 atom stereocenters. The Kier molecular flexibility index (Phi) is 6.87. The number of Topliss-reactive ketones (excluding diaryl/α,β-unsaturated/α-hetero) is 2. The zero-order valence-electron chi connectivity index (χ0n) is 19.5. The monoisotopic (exact) mass is 406 g/mol. The Labute approximate surface area is 173 Å². The van der Waals surface area contributed by atoms with Crippen LogP contribution in [0.5, 0.6) is 0 Å². The van der Waals surface area contributed by atoms with Crippen LogP contribution in [0.25, 0.3) is 0 Å². The minimum Gasteiger partial charge on any atom is -0.413 e. The zero-order chi connectivity index (χ0) is 21.5. The van der Waals surface area contributed by atoms with Gasteiger partial charge in [-0.05, 0) is 55.7 Å². The van der Waals surface area contributed by atoms with Gasteiger partial charge in [0.25, 0.3) is 0 Å². The third-order valence-electron chi connectivity index (χ3n) is 7.98. The lowest BCUT2D eigenvalue weighted by Gasteiger charge is -2.43. The smallest absolute Gasteiger partial charge is 0.192 e. The van der Waals surface area contributed by atoms with Gasteiger partial charge in [-0.15, -0.1) is 0 Å². The highest BCUT2D eigenvalue weighted by molar-refractivity contribution is 6.74. The molecule has 0 N–H and O–H groups in total. The molecule has 2 fully saturated rings. The summed E-state index contributed by atoms with van der Waals surface area (Å²) < 4.78 is 6.93. The van der Waals surface area contributed by atoms with E-state index in [1.807, 2.05) is 0 Å². The van der Waals surface area contributed by atoms with E-state index in [9.17, 15) is 9.59 Å². The second kappa shape index (κ2) is 8.18. The van der Waals surface area contributed by atoms with Crippen LogP contribution in [0.1, 0.15) is 80.1 Å². The van der Waals surface area contributed by atoms with Crippen LogP contribution >= 0.6 is 0 Å². The van der Waals surface area contributed by atoms with Gasteiger partial charge in [-0.25, -0.2) is 0 Å². The first-order valence-electron chi connectivity index (χ1n) is 11.1. The van der Waals surface area contributed by atoms with Gasteiger partial charge in [0.05, 0.1) is 12.0 Å². The van der Waals surface area contributed by atoms with Crippen molar-refractivity contribution in [2.24, 2.45) is 23.2 Å². The maximum absolute atomic E-state index is 12.3. The van der Waals surface area contributed by atoms with Gasteiger partial charge in [0, 0.05) is 18.3 Å². The van der Waals surface area contributed by atoms with E-state index in [0.717, 1.165) is 19.3 Å². The molecule has 0 radical (unpaired) electrons. The number of carbonyl (C=O) groups excluding carboxylic acids is 2. The van der Waals surface area contributed by atoms with Crippen molar-refractivity contribution in [3.63, 3.8) is 0 Å². The van der Waals surface area contributed by atoms with Crippen molar-refractivity contribution in [1.29, 1.82) is 0 Å². The maximum atomic E-state index is 12.3. The molecule has 0 spiro atoms. The Hall–Kier alpha value is -0.743. The van der Waals surface area contributed by atoms with Crippen LogP contribution in [0.3, 0.4) is 0 Å².